The van der Waals surface area contributed by atoms with Crippen molar-refractivity contribution in [2.45, 2.75) is 31.7 Å². The van der Waals surface area contributed by atoms with E-state index in [1.807, 2.05) is 0 Å². The molecule has 1 aliphatic rings. The molecule has 1 saturated carbocycles. The maximum atomic E-state index is 10.1. The zero-order chi connectivity index (χ0) is 6.69. The molecule has 0 aromatic rings. The van der Waals surface area contributed by atoms with Gasteiger partial charge in [-0.2, -0.15) is 0 Å². The molecule has 0 amide bonds. The van der Waals surface area contributed by atoms with E-state index in [0.29, 0.717) is 0 Å². The van der Waals surface area contributed by atoms with Crippen molar-refractivity contribution in [2.75, 3.05) is 0 Å². The Labute approximate surface area is 84.9 Å². The van der Waals surface area contributed by atoms with Crippen LogP contribution in [0.1, 0.15) is 25.7 Å². The van der Waals surface area contributed by atoms with Crippen LogP contribution in [0.2, 0.25) is 0 Å². The van der Waals surface area contributed by atoms with Gasteiger partial charge < -0.3 is 13.1 Å². The summed E-state index contributed by atoms with van der Waals surface area (Å²) < 4.78 is 22.0. The SMILES string of the molecule is O=[S-](O)=NC1CCCC1.[Na]. The summed E-state index contributed by atoms with van der Waals surface area (Å²) in [6.45, 7) is 0. The molecule has 55 valence electrons. The minimum absolute atomic E-state index is 0. The number of hydrogen-bond donors (Lipinski definition) is 1. The van der Waals surface area contributed by atoms with E-state index < -0.39 is 10.9 Å². The van der Waals surface area contributed by atoms with E-state index in [2.05, 4.69) is 4.36 Å². The Bertz CT molecular complexity index is 161. The van der Waals surface area contributed by atoms with Gasteiger partial charge in [0.1, 0.15) is 0 Å². The molecular weight excluding hydrogens is 161 g/mol. The van der Waals surface area contributed by atoms with Gasteiger partial charge in [0.05, 0.1) is 0 Å². The average molecular weight is 171 g/mol. The Morgan fingerprint density at radius 2 is 1.90 bits per heavy atom. The first-order valence-electron chi connectivity index (χ1n) is 3.11. The van der Waals surface area contributed by atoms with Gasteiger partial charge in [0.2, 0.25) is 0 Å². The van der Waals surface area contributed by atoms with Gasteiger partial charge in [0, 0.05) is 35.6 Å². The zero-order valence-electron chi connectivity index (χ0n) is 6.12. The smallest absolute Gasteiger partial charge is 0.0258 e. The maximum absolute atomic E-state index is 10.1. The molecule has 3 nitrogen and oxygen atoms in total. The van der Waals surface area contributed by atoms with Crippen molar-refractivity contribution < 1.29 is 8.76 Å². The van der Waals surface area contributed by atoms with Gasteiger partial charge in [-0.15, -0.1) is 0 Å². The summed E-state index contributed by atoms with van der Waals surface area (Å²) in [6.07, 6.45) is 4.30. The van der Waals surface area contributed by atoms with Crippen LogP contribution in [-0.2, 0) is 15.1 Å². The van der Waals surface area contributed by atoms with E-state index in [-0.39, 0.29) is 35.6 Å². The van der Waals surface area contributed by atoms with Crippen molar-refractivity contribution >= 4 is 40.4 Å². The van der Waals surface area contributed by atoms with Crippen molar-refractivity contribution in [3.8, 4) is 0 Å². The second-order valence-corrected chi connectivity index (χ2v) is 2.95. The topological polar surface area (TPSA) is 49.7 Å². The molecule has 1 fully saturated rings. The molecule has 0 spiro atoms. The first-order valence-corrected chi connectivity index (χ1v) is 4.17. The minimum Gasteiger partial charge on any atom is -0.454 e. The predicted octanol–water partition coefficient (Wildman–Crippen LogP) is 1.17. The molecule has 0 atom stereocenters. The Balaban J connectivity index is 0.000000810. The summed E-state index contributed by atoms with van der Waals surface area (Å²) in [7, 11) is -1.93. The number of hydrogen-bond acceptors (Lipinski definition) is 3. The number of rotatable bonds is 1. The van der Waals surface area contributed by atoms with Crippen molar-refractivity contribution in [3.05, 3.63) is 0 Å². The first kappa shape index (κ1) is 10.9. The van der Waals surface area contributed by atoms with E-state index in [1.165, 1.54) is 0 Å². The van der Waals surface area contributed by atoms with Gasteiger partial charge in [-0.1, -0.05) is 23.7 Å². The summed E-state index contributed by atoms with van der Waals surface area (Å²) in [5.74, 6) is 0. The van der Waals surface area contributed by atoms with Gasteiger partial charge in [-0.25, -0.2) is 0 Å². The van der Waals surface area contributed by atoms with Crippen molar-refractivity contribution in [1.82, 2.24) is 0 Å². The Morgan fingerprint density at radius 1 is 1.40 bits per heavy atom. The summed E-state index contributed by atoms with van der Waals surface area (Å²) in [5, 5.41) is 0. The molecule has 0 unspecified atom stereocenters. The van der Waals surface area contributed by atoms with Crippen LogP contribution in [0, 0.1) is 0 Å². The molecule has 0 aromatic heterocycles. The third kappa shape index (κ3) is 3.93. The first-order chi connectivity index (χ1) is 4.29. The molecule has 1 rings (SSSR count). The standard InChI is InChI=1S/C5H10NO2S.Na/c7-9(8)6-5-3-1-2-4-5;/h5H,1-4H2,(H,6,7,8);/q-1;. The van der Waals surface area contributed by atoms with Crippen LogP contribution >= 0.6 is 0 Å². The van der Waals surface area contributed by atoms with Gasteiger partial charge in [0.25, 0.3) is 0 Å². The van der Waals surface area contributed by atoms with Crippen molar-refractivity contribution in [1.29, 1.82) is 0 Å². The molecule has 1 N–H and O–H groups in total. The summed E-state index contributed by atoms with van der Waals surface area (Å²) in [4.78, 5) is 0. The molecule has 10 heavy (non-hydrogen) atoms. The Hall–Kier alpha value is 0.910. The van der Waals surface area contributed by atoms with E-state index in [0.717, 1.165) is 25.7 Å². The Kier molecular flexibility index (Phi) is 6.05. The minimum atomic E-state index is -1.93. The van der Waals surface area contributed by atoms with E-state index in [1.54, 1.807) is 0 Å². The summed E-state index contributed by atoms with van der Waals surface area (Å²) in [5.41, 5.74) is 0. The van der Waals surface area contributed by atoms with Gasteiger partial charge in [-0.05, 0) is 12.8 Å². The van der Waals surface area contributed by atoms with Crippen LogP contribution in [0.3, 0.4) is 0 Å². The van der Waals surface area contributed by atoms with Crippen LogP contribution in [0.5, 0.6) is 0 Å². The van der Waals surface area contributed by atoms with E-state index in [4.69, 9.17) is 4.55 Å². The zero-order valence-corrected chi connectivity index (χ0v) is 8.93. The molecule has 1 aliphatic carbocycles. The molecule has 0 aromatic carbocycles. The van der Waals surface area contributed by atoms with Crippen LogP contribution < -0.4 is 0 Å². The third-order valence-electron chi connectivity index (χ3n) is 1.56. The summed E-state index contributed by atoms with van der Waals surface area (Å²) in [6, 6.07) is 0.163. The second-order valence-electron chi connectivity index (χ2n) is 2.27. The molecular formula is C5H10NNaO2S-. The van der Waals surface area contributed by atoms with Crippen LogP contribution in [0.25, 0.3) is 0 Å². The summed E-state index contributed by atoms with van der Waals surface area (Å²) >= 11 is 0. The normalized spacial score (nSPS) is 22.5. The second kappa shape index (κ2) is 5.55. The molecule has 1 radical (unpaired) electrons. The molecule has 0 bridgehead atoms. The van der Waals surface area contributed by atoms with Gasteiger partial charge in [-0.3, -0.25) is 0 Å². The quantitative estimate of drug-likeness (QED) is 0.365. The van der Waals surface area contributed by atoms with Crippen LogP contribution in [0.15, 0.2) is 4.36 Å². The molecule has 5 heteroatoms. The monoisotopic (exact) mass is 171 g/mol. The largest absolute Gasteiger partial charge is 0.454 e. The Morgan fingerprint density at radius 3 is 2.30 bits per heavy atom. The number of nitrogens with zero attached hydrogens (tertiary/aromatic N) is 1. The van der Waals surface area contributed by atoms with Crippen LogP contribution in [-0.4, -0.2) is 40.2 Å². The molecule has 0 aliphatic heterocycles. The fraction of sp³-hybridized carbons (Fsp3) is 1.00. The van der Waals surface area contributed by atoms with Gasteiger partial charge in [0.15, 0.2) is 0 Å². The maximum Gasteiger partial charge on any atom is 0.0258 e. The van der Waals surface area contributed by atoms with E-state index >= 15 is 0 Å². The average Bonchev–Trinajstić information content (AvgIpc) is 2.15. The van der Waals surface area contributed by atoms with Crippen molar-refractivity contribution in [3.63, 3.8) is 0 Å². The molecule has 0 heterocycles. The van der Waals surface area contributed by atoms with E-state index in [9.17, 15) is 4.21 Å². The third-order valence-corrected chi connectivity index (χ3v) is 2.04. The fourth-order valence-corrected chi connectivity index (χ4v) is 1.60. The van der Waals surface area contributed by atoms with Crippen molar-refractivity contribution in [2.24, 2.45) is 4.36 Å². The predicted molar refractivity (Wildman–Crippen MR) is 41.1 cm³/mol. The van der Waals surface area contributed by atoms with Gasteiger partial charge >= 0.3 is 0 Å². The van der Waals surface area contributed by atoms with Crippen LogP contribution in [0.4, 0.5) is 0 Å². The molecule has 0 saturated heterocycles. The fourth-order valence-electron chi connectivity index (χ4n) is 1.14.